The topological polar surface area (TPSA) is 70.5 Å². The first-order valence-corrected chi connectivity index (χ1v) is 7.34. The highest BCUT2D eigenvalue weighted by Crippen LogP contribution is 2.20. The molecule has 0 aliphatic rings. The summed E-state index contributed by atoms with van der Waals surface area (Å²) in [6.07, 6.45) is 0.675. The number of carboxylic acids is 1. The quantitative estimate of drug-likeness (QED) is 0.819. The van der Waals surface area contributed by atoms with Crippen LogP contribution in [0.3, 0.4) is 0 Å². The second kappa shape index (κ2) is 7.41. The maximum atomic E-state index is 12.6. The predicted molar refractivity (Wildman–Crippen MR) is 81.8 cm³/mol. The van der Waals surface area contributed by atoms with Crippen molar-refractivity contribution in [2.45, 2.75) is 46.1 Å². The lowest BCUT2D eigenvalue weighted by atomic mass is 10.1. The molecule has 1 N–H and O–H groups in total. The van der Waals surface area contributed by atoms with Crippen molar-refractivity contribution in [3.63, 3.8) is 0 Å². The van der Waals surface area contributed by atoms with Crippen molar-refractivity contribution >= 4 is 23.5 Å². The third-order valence-electron chi connectivity index (χ3n) is 3.34. The number of nitrogens with zero attached hydrogens (tertiary/aromatic N) is 2. The van der Waals surface area contributed by atoms with Gasteiger partial charge in [-0.15, -0.1) is 0 Å². The van der Waals surface area contributed by atoms with E-state index in [0.29, 0.717) is 17.7 Å². The van der Waals surface area contributed by atoms with E-state index in [4.69, 9.17) is 16.7 Å². The monoisotopic (exact) mass is 312 g/mol. The summed E-state index contributed by atoms with van der Waals surface area (Å²) < 4.78 is 0. The van der Waals surface area contributed by atoms with E-state index in [1.54, 1.807) is 6.07 Å². The molecule has 1 rings (SSSR count). The molecule has 0 aliphatic carbocycles. The average Bonchev–Trinajstić information content (AvgIpc) is 2.42. The van der Waals surface area contributed by atoms with Crippen molar-refractivity contribution in [1.82, 2.24) is 9.88 Å². The van der Waals surface area contributed by atoms with Crippen LogP contribution in [0.4, 0.5) is 0 Å². The minimum Gasteiger partial charge on any atom is -0.480 e. The molecule has 1 aromatic heterocycles. The number of carboxylic acid groups (broad SMARTS) is 1. The number of pyridine rings is 1. The molecule has 1 aromatic rings. The molecule has 0 aromatic carbocycles. The third kappa shape index (κ3) is 4.70. The first-order valence-electron chi connectivity index (χ1n) is 6.96. The summed E-state index contributed by atoms with van der Waals surface area (Å²) in [5.41, 5.74) is 1.09. The molecule has 21 heavy (non-hydrogen) atoms. The van der Waals surface area contributed by atoms with E-state index in [9.17, 15) is 9.59 Å². The lowest BCUT2D eigenvalue weighted by Gasteiger charge is -2.27. The SMILES string of the molecule is CCC(C)N(CC(=O)O)C(=O)c1cc(Cl)nc(C(C)C)c1. The molecule has 116 valence electrons. The molecule has 1 unspecified atom stereocenters. The van der Waals surface area contributed by atoms with Crippen molar-refractivity contribution < 1.29 is 14.7 Å². The van der Waals surface area contributed by atoms with Crippen molar-refractivity contribution in [2.75, 3.05) is 6.54 Å². The molecule has 1 heterocycles. The molecule has 1 atom stereocenters. The Morgan fingerprint density at radius 2 is 1.95 bits per heavy atom. The van der Waals surface area contributed by atoms with Gasteiger partial charge in [0.25, 0.3) is 5.91 Å². The molecule has 0 aliphatic heterocycles. The fourth-order valence-corrected chi connectivity index (χ4v) is 2.11. The highest BCUT2D eigenvalue weighted by atomic mass is 35.5. The summed E-state index contributed by atoms with van der Waals surface area (Å²) in [7, 11) is 0. The molecule has 5 nitrogen and oxygen atoms in total. The van der Waals surface area contributed by atoms with Crippen LogP contribution < -0.4 is 0 Å². The van der Waals surface area contributed by atoms with Gasteiger partial charge in [-0.1, -0.05) is 32.4 Å². The zero-order valence-electron chi connectivity index (χ0n) is 12.8. The van der Waals surface area contributed by atoms with Crippen LogP contribution in [-0.4, -0.2) is 39.5 Å². The Kier molecular flexibility index (Phi) is 6.15. The van der Waals surface area contributed by atoms with Gasteiger partial charge >= 0.3 is 5.97 Å². The van der Waals surface area contributed by atoms with Crippen LogP contribution in [0.5, 0.6) is 0 Å². The van der Waals surface area contributed by atoms with Gasteiger partial charge in [0.05, 0.1) is 0 Å². The Bertz CT molecular complexity index is 532. The van der Waals surface area contributed by atoms with E-state index in [0.717, 1.165) is 0 Å². The molecule has 0 fully saturated rings. The maximum Gasteiger partial charge on any atom is 0.323 e. The molecule has 0 spiro atoms. The first kappa shape index (κ1) is 17.4. The van der Waals surface area contributed by atoms with Crippen LogP contribution in [0, 0.1) is 0 Å². The standard InChI is InChI=1S/C15H21ClN2O3/c1-5-10(4)18(8-14(19)20)15(21)11-6-12(9(2)3)17-13(16)7-11/h6-7,9-10H,5,8H2,1-4H3,(H,19,20). The van der Waals surface area contributed by atoms with E-state index in [1.807, 2.05) is 27.7 Å². The van der Waals surface area contributed by atoms with E-state index in [-0.39, 0.29) is 29.6 Å². The van der Waals surface area contributed by atoms with E-state index < -0.39 is 5.97 Å². The summed E-state index contributed by atoms with van der Waals surface area (Å²) in [5.74, 6) is -1.24. The lowest BCUT2D eigenvalue weighted by Crippen LogP contribution is -2.41. The summed E-state index contributed by atoms with van der Waals surface area (Å²) in [6.45, 7) is 7.32. The molecular weight excluding hydrogens is 292 g/mol. The summed E-state index contributed by atoms with van der Waals surface area (Å²) in [5, 5.41) is 9.23. The second-order valence-corrected chi connectivity index (χ2v) is 5.73. The number of carbonyl (C=O) groups excluding carboxylic acids is 1. The van der Waals surface area contributed by atoms with Gasteiger partial charge in [-0.3, -0.25) is 9.59 Å². The fraction of sp³-hybridized carbons (Fsp3) is 0.533. The molecule has 0 radical (unpaired) electrons. The average molecular weight is 313 g/mol. The van der Waals surface area contributed by atoms with Crippen LogP contribution in [0.2, 0.25) is 5.15 Å². The molecule has 6 heteroatoms. The number of hydrogen-bond acceptors (Lipinski definition) is 3. The first-order chi connectivity index (χ1) is 9.76. The van der Waals surface area contributed by atoms with Crippen LogP contribution >= 0.6 is 11.6 Å². The van der Waals surface area contributed by atoms with E-state index >= 15 is 0 Å². The van der Waals surface area contributed by atoms with Crippen molar-refractivity contribution in [3.05, 3.63) is 28.5 Å². The largest absolute Gasteiger partial charge is 0.480 e. The number of amides is 1. The Morgan fingerprint density at radius 1 is 1.33 bits per heavy atom. The van der Waals surface area contributed by atoms with E-state index in [2.05, 4.69) is 4.98 Å². The lowest BCUT2D eigenvalue weighted by molar-refractivity contribution is -0.138. The number of aromatic nitrogens is 1. The van der Waals surface area contributed by atoms with Crippen LogP contribution in [0.25, 0.3) is 0 Å². The minimum atomic E-state index is -1.03. The summed E-state index contributed by atoms with van der Waals surface area (Å²) in [4.78, 5) is 29.1. The Balaban J connectivity index is 3.16. The number of aliphatic carboxylic acids is 1. The van der Waals surface area contributed by atoms with Gasteiger partial charge in [-0.2, -0.15) is 0 Å². The van der Waals surface area contributed by atoms with Gasteiger partial charge in [0.1, 0.15) is 11.7 Å². The highest BCUT2D eigenvalue weighted by Gasteiger charge is 2.24. The molecular formula is C15H21ClN2O3. The van der Waals surface area contributed by atoms with Gasteiger partial charge in [-0.25, -0.2) is 4.98 Å². The minimum absolute atomic E-state index is 0.131. The third-order valence-corrected chi connectivity index (χ3v) is 3.54. The van der Waals surface area contributed by atoms with Crippen LogP contribution in [0.15, 0.2) is 12.1 Å². The van der Waals surface area contributed by atoms with Crippen molar-refractivity contribution in [2.24, 2.45) is 0 Å². The van der Waals surface area contributed by atoms with Gasteiger partial charge in [-0.05, 0) is 31.4 Å². The van der Waals surface area contributed by atoms with Crippen molar-refractivity contribution in [1.29, 1.82) is 0 Å². The maximum absolute atomic E-state index is 12.6. The van der Waals surface area contributed by atoms with Gasteiger partial charge in [0.2, 0.25) is 0 Å². The Morgan fingerprint density at radius 3 is 2.43 bits per heavy atom. The van der Waals surface area contributed by atoms with Gasteiger partial charge < -0.3 is 10.0 Å². The van der Waals surface area contributed by atoms with Crippen LogP contribution in [-0.2, 0) is 4.79 Å². The van der Waals surface area contributed by atoms with Gasteiger partial charge in [0.15, 0.2) is 0 Å². The van der Waals surface area contributed by atoms with Gasteiger partial charge in [0, 0.05) is 17.3 Å². The number of hydrogen-bond donors (Lipinski definition) is 1. The highest BCUT2D eigenvalue weighted by molar-refractivity contribution is 6.29. The number of halogens is 1. The Hall–Kier alpha value is -1.62. The molecule has 1 amide bonds. The Labute approximate surface area is 129 Å². The van der Waals surface area contributed by atoms with Crippen molar-refractivity contribution in [3.8, 4) is 0 Å². The zero-order chi connectivity index (χ0) is 16.2. The smallest absolute Gasteiger partial charge is 0.323 e. The predicted octanol–water partition coefficient (Wildman–Crippen LogP) is 3.18. The fourth-order valence-electron chi connectivity index (χ4n) is 1.90. The normalized spacial score (nSPS) is 12.3. The van der Waals surface area contributed by atoms with Crippen LogP contribution in [0.1, 0.15) is 56.1 Å². The molecule has 0 saturated heterocycles. The number of carbonyl (C=O) groups is 2. The second-order valence-electron chi connectivity index (χ2n) is 5.34. The molecule has 0 bridgehead atoms. The zero-order valence-corrected chi connectivity index (χ0v) is 13.5. The summed E-state index contributed by atoms with van der Waals surface area (Å²) >= 11 is 5.96. The molecule has 0 saturated carbocycles. The number of rotatable bonds is 6. The summed E-state index contributed by atoms with van der Waals surface area (Å²) in [6, 6.07) is 2.99. The van der Waals surface area contributed by atoms with E-state index in [1.165, 1.54) is 11.0 Å².